The molecule has 0 saturated carbocycles. The minimum Gasteiger partial charge on any atom is -0.478 e. The average molecular weight is 262 g/mol. The first kappa shape index (κ1) is 13.7. The molecule has 19 heavy (non-hydrogen) atoms. The van der Waals surface area contributed by atoms with Crippen LogP contribution in [0.4, 0.5) is 0 Å². The molecule has 5 heteroatoms. The third-order valence-corrected chi connectivity index (χ3v) is 3.51. The van der Waals surface area contributed by atoms with Gasteiger partial charge in [-0.3, -0.25) is 0 Å². The second kappa shape index (κ2) is 6.43. The van der Waals surface area contributed by atoms with Gasteiger partial charge in [-0.1, -0.05) is 19.1 Å². The molecule has 1 N–H and O–H groups in total. The summed E-state index contributed by atoms with van der Waals surface area (Å²) in [5.74, 6) is 0.0858. The zero-order valence-corrected chi connectivity index (χ0v) is 11.0. The van der Waals surface area contributed by atoms with Gasteiger partial charge in [-0.15, -0.1) is 0 Å². The van der Waals surface area contributed by atoms with E-state index in [2.05, 4.69) is 29.0 Å². The molecule has 1 aliphatic rings. The maximum Gasteiger partial charge on any atom is 0.339 e. The number of hydrogen-bond acceptors (Lipinski definition) is 4. The molecule has 0 bridgehead atoms. The lowest BCUT2D eigenvalue weighted by Gasteiger charge is -2.24. The summed E-state index contributed by atoms with van der Waals surface area (Å²) >= 11 is 0. The van der Waals surface area contributed by atoms with Crippen molar-refractivity contribution in [3.8, 4) is 0 Å². The number of aromatic carboxylic acids is 1. The zero-order valence-electron chi connectivity index (χ0n) is 11.0. The number of carbonyl (C=O) groups is 1. The molecule has 2 atom stereocenters. The molecule has 2 unspecified atom stereocenters. The van der Waals surface area contributed by atoms with E-state index in [1.807, 2.05) is 0 Å². The van der Waals surface area contributed by atoms with Crippen LogP contribution in [-0.2, 0) is 11.3 Å². The molecule has 102 valence electrons. The Kier molecular flexibility index (Phi) is 4.63. The highest BCUT2D eigenvalue weighted by atomic mass is 16.5. The van der Waals surface area contributed by atoms with Gasteiger partial charge in [0.2, 0.25) is 0 Å². The van der Waals surface area contributed by atoms with E-state index in [4.69, 9.17) is 9.84 Å². The van der Waals surface area contributed by atoms with Gasteiger partial charge in [-0.2, -0.15) is 0 Å². The minimum absolute atomic E-state index is 0.110. The van der Waals surface area contributed by atoms with E-state index < -0.39 is 5.97 Å². The van der Waals surface area contributed by atoms with Gasteiger partial charge in [0.1, 0.15) is 11.9 Å². The Bertz CT molecular complexity index is 474. The molecular formula is C14H18N2O3. The molecule has 0 spiro atoms. The summed E-state index contributed by atoms with van der Waals surface area (Å²) < 4.78 is 5.63. The zero-order chi connectivity index (χ0) is 13.7. The topological polar surface area (TPSA) is 72.3 Å². The van der Waals surface area contributed by atoms with Crippen LogP contribution in [-0.4, -0.2) is 27.7 Å². The van der Waals surface area contributed by atoms with E-state index in [9.17, 15) is 4.79 Å². The molecule has 1 heterocycles. The summed E-state index contributed by atoms with van der Waals surface area (Å²) in [4.78, 5) is 18.7. The Balaban J connectivity index is 1.89. The van der Waals surface area contributed by atoms with Crippen molar-refractivity contribution in [2.45, 2.75) is 26.4 Å². The summed E-state index contributed by atoms with van der Waals surface area (Å²) in [7, 11) is 0. The van der Waals surface area contributed by atoms with Gasteiger partial charge in [0.15, 0.2) is 0 Å². The summed E-state index contributed by atoms with van der Waals surface area (Å²) in [6, 6.07) is 0. The Labute approximate surface area is 112 Å². The van der Waals surface area contributed by atoms with Crippen LogP contribution in [0, 0.1) is 11.8 Å². The number of nitrogens with zero attached hydrogens (tertiary/aromatic N) is 2. The Morgan fingerprint density at radius 2 is 2.26 bits per heavy atom. The van der Waals surface area contributed by atoms with E-state index >= 15 is 0 Å². The molecule has 1 aromatic heterocycles. The monoisotopic (exact) mass is 262 g/mol. The number of carboxylic acid groups (broad SMARTS) is 1. The number of carboxylic acids is 1. The van der Waals surface area contributed by atoms with Crippen molar-refractivity contribution in [1.29, 1.82) is 0 Å². The van der Waals surface area contributed by atoms with Gasteiger partial charge in [-0.25, -0.2) is 14.8 Å². The highest BCUT2D eigenvalue weighted by molar-refractivity contribution is 5.88. The molecule has 0 saturated heterocycles. The molecule has 0 aromatic carbocycles. The number of aromatic nitrogens is 2. The summed E-state index contributed by atoms with van der Waals surface area (Å²) in [5, 5.41) is 9.01. The van der Waals surface area contributed by atoms with Crippen molar-refractivity contribution in [2.75, 3.05) is 6.61 Å². The maximum absolute atomic E-state index is 11.0. The van der Waals surface area contributed by atoms with Crippen molar-refractivity contribution in [3.63, 3.8) is 0 Å². The van der Waals surface area contributed by atoms with E-state index in [0.29, 0.717) is 24.1 Å². The van der Waals surface area contributed by atoms with Gasteiger partial charge in [0, 0.05) is 6.20 Å². The van der Waals surface area contributed by atoms with E-state index in [1.165, 1.54) is 12.5 Å². The van der Waals surface area contributed by atoms with Crippen LogP contribution in [0.5, 0.6) is 0 Å². The van der Waals surface area contributed by atoms with Gasteiger partial charge in [0.05, 0.1) is 18.9 Å². The van der Waals surface area contributed by atoms with Crippen LogP contribution in [0.3, 0.4) is 0 Å². The predicted molar refractivity (Wildman–Crippen MR) is 69.7 cm³/mol. The second-order valence-corrected chi connectivity index (χ2v) is 4.88. The maximum atomic E-state index is 11.0. The average Bonchev–Trinajstić information content (AvgIpc) is 2.41. The van der Waals surface area contributed by atoms with Crippen LogP contribution < -0.4 is 0 Å². The van der Waals surface area contributed by atoms with Crippen molar-refractivity contribution in [1.82, 2.24) is 9.97 Å². The molecular weight excluding hydrogens is 244 g/mol. The molecule has 1 aromatic rings. The molecule has 1 aliphatic carbocycles. The third kappa shape index (κ3) is 3.61. The van der Waals surface area contributed by atoms with Crippen molar-refractivity contribution in [2.24, 2.45) is 11.8 Å². The smallest absolute Gasteiger partial charge is 0.339 e. The first-order valence-electron chi connectivity index (χ1n) is 6.43. The Morgan fingerprint density at radius 1 is 1.47 bits per heavy atom. The lowest BCUT2D eigenvalue weighted by Crippen LogP contribution is -2.20. The SMILES string of the molecule is CC1CC=CCC1COCc1ncncc1C(=O)O. The first-order chi connectivity index (χ1) is 9.18. The third-order valence-electron chi connectivity index (χ3n) is 3.51. The molecule has 2 rings (SSSR count). The van der Waals surface area contributed by atoms with Gasteiger partial charge in [-0.05, 0) is 24.7 Å². The highest BCUT2D eigenvalue weighted by Gasteiger charge is 2.19. The van der Waals surface area contributed by atoms with Crippen molar-refractivity contribution < 1.29 is 14.6 Å². The van der Waals surface area contributed by atoms with E-state index in [1.54, 1.807) is 0 Å². The predicted octanol–water partition coefficient (Wildman–Crippen LogP) is 2.29. The van der Waals surface area contributed by atoms with Crippen LogP contribution in [0.2, 0.25) is 0 Å². The molecule has 5 nitrogen and oxygen atoms in total. The van der Waals surface area contributed by atoms with E-state index in [-0.39, 0.29) is 12.2 Å². The van der Waals surface area contributed by atoms with Crippen LogP contribution in [0.15, 0.2) is 24.7 Å². The fraction of sp³-hybridized carbons (Fsp3) is 0.500. The first-order valence-corrected chi connectivity index (χ1v) is 6.43. The van der Waals surface area contributed by atoms with Crippen LogP contribution in [0.1, 0.15) is 35.8 Å². The van der Waals surface area contributed by atoms with Crippen molar-refractivity contribution >= 4 is 5.97 Å². The number of allylic oxidation sites excluding steroid dienone is 2. The highest BCUT2D eigenvalue weighted by Crippen LogP contribution is 2.25. The van der Waals surface area contributed by atoms with Gasteiger partial charge < -0.3 is 9.84 Å². The quantitative estimate of drug-likeness (QED) is 0.824. The van der Waals surface area contributed by atoms with Crippen LogP contribution in [0.25, 0.3) is 0 Å². The molecule has 0 amide bonds. The van der Waals surface area contributed by atoms with Crippen molar-refractivity contribution in [3.05, 3.63) is 35.9 Å². The Hall–Kier alpha value is -1.75. The summed E-state index contributed by atoms with van der Waals surface area (Å²) in [6.07, 6.45) is 9.14. The molecule has 0 fully saturated rings. The lowest BCUT2D eigenvalue weighted by molar-refractivity contribution is 0.0612. The van der Waals surface area contributed by atoms with Crippen LogP contribution >= 0.6 is 0 Å². The summed E-state index contributed by atoms with van der Waals surface area (Å²) in [5.41, 5.74) is 0.542. The number of rotatable bonds is 5. The van der Waals surface area contributed by atoms with E-state index in [0.717, 1.165) is 12.8 Å². The lowest BCUT2D eigenvalue weighted by atomic mass is 9.85. The summed E-state index contributed by atoms with van der Waals surface area (Å²) in [6.45, 7) is 3.07. The largest absolute Gasteiger partial charge is 0.478 e. The fourth-order valence-electron chi connectivity index (χ4n) is 2.19. The minimum atomic E-state index is -1.02. The molecule has 0 radical (unpaired) electrons. The number of hydrogen-bond donors (Lipinski definition) is 1. The van der Waals surface area contributed by atoms with Gasteiger partial charge in [0.25, 0.3) is 0 Å². The normalized spacial score (nSPS) is 22.4. The molecule has 0 aliphatic heterocycles. The fourth-order valence-corrected chi connectivity index (χ4v) is 2.19. The second-order valence-electron chi connectivity index (χ2n) is 4.88. The Morgan fingerprint density at radius 3 is 3.00 bits per heavy atom. The van der Waals surface area contributed by atoms with Gasteiger partial charge >= 0.3 is 5.97 Å². The standard InChI is InChI=1S/C14H18N2O3/c1-10-4-2-3-5-11(10)7-19-8-13-12(14(17)18)6-15-9-16-13/h2-3,6,9-11H,4-5,7-8H2,1H3,(H,17,18). The number of ether oxygens (including phenoxy) is 1.